The molecule has 0 bridgehead atoms. The molecule has 4 aromatic carbocycles. The standard InChI is InChI=1S/C36H29BrN2O4S/c1-41-30-17-13-25(20-31(30)42-2)34-29-16-12-24-7-3-4-9-28(24)33(29)38-36-39(34)35(40)32(44-36)19-23-6-5-8-27(18-23)43-21-22-10-14-26(37)15-11-22/h3-11,13-15,17-20,34H,12,16,21H2,1-2H3/b32-19+/t34-/m1/s1. The largest absolute Gasteiger partial charge is 0.493 e. The third kappa shape index (κ3) is 5.29. The minimum absolute atomic E-state index is 0.0693. The lowest BCUT2D eigenvalue weighted by Crippen LogP contribution is -2.38. The molecule has 5 aromatic rings. The van der Waals surface area contributed by atoms with Crippen LogP contribution in [0.5, 0.6) is 17.2 Å². The van der Waals surface area contributed by atoms with Crippen LogP contribution in [0.25, 0.3) is 11.8 Å². The zero-order valence-corrected chi connectivity index (χ0v) is 26.7. The number of rotatable bonds is 7. The molecule has 0 saturated heterocycles. The van der Waals surface area contributed by atoms with Crippen LogP contribution in [-0.4, -0.2) is 18.8 Å². The number of hydrogen-bond acceptors (Lipinski definition) is 6. The summed E-state index contributed by atoms with van der Waals surface area (Å²) < 4.78 is 20.7. The predicted octanol–water partition coefficient (Wildman–Crippen LogP) is 6.68. The second-order valence-corrected chi connectivity index (χ2v) is 12.6. The Hall–Kier alpha value is -4.40. The fraction of sp³-hybridized carbons (Fsp3) is 0.167. The molecule has 0 unspecified atom stereocenters. The molecule has 0 spiro atoms. The van der Waals surface area contributed by atoms with E-state index in [0.717, 1.165) is 56.6 Å². The highest BCUT2D eigenvalue weighted by atomic mass is 79.9. The molecule has 2 heterocycles. The summed E-state index contributed by atoms with van der Waals surface area (Å²) in [5.74, 6) is 2.02. The fourth-order valence-corrected chi connectivity index (χ4v) is 7.20. The fourth-order valence-electron chi connectivity index (χ4n) is 5.94. The van der Waals surface area contributed by atoms with Crippen LogP contribution in [0.2, 0.25) is 0 Å². The van der Waals surface area contributed by atoms with Gasteiger partial charge in [0.15, 0.2) is 16.3 Å². The molecule has 1 aliphatic carbocycles. The number of hydrogen-bond donors (Lipinski definition) is 0. The van der Waals surface area contributed by atoms with Crippen molar-refractivity contribution in [2.45, 2.75) is 25.5 Å². The van der Waals surface area contributed by atoms with Crippen LogP contribution in [0.15, 0.2) is 111 Å². The van der Waals surface area contributed by atoms with Gasteiger partial charge in [-0.3, -0.25) is 9.36 Å². The van der Waals surface area contributed by atoms with E-state index in [2.05, 4.69) is 40.2 Å². The summed E-state index contributed by atoms with van der Waals surface area (Å²) in [7, 11) is 3.26. The zero-order valence-electron chi connectivity index (χ0n) is 24.2. The van der Waals surface area contributed by atoms with E-state index in [-0.39, 0.29) is 11.6 Å². The van der Waals surface area contributed by atoms with E-state index >= 15 is 0 Å². The molecule has 8 heteroatoms. The van der Waals surface area contributed by atoms with Gasteiger partial charge in [0.05, 0.1) is 30.5 Å². The summed E-state index contributed by atoms with van der Waals surface area (Å²) in [5, 5.41) is 0. The first-order valence-corrected chi connectivity index (χ1v) is 16.0. The number of benzene rings is 4. The zero-order chi connectivity index (χ0) is 30.2. The molecule has 1 aromatic heterocycles. The van der Waals surface area contributed by atoms with E-state index in [9.17, 15) is 4.79 Å². The van der Waals surface area contributed by atoms with Gasteiger partial charge in [-0.05, 0) is 83.1 Å². The lowest BCUT2D eigenvalue weighted by molar-refractivity contribution is 0.306. The van der Waals surface area contributed by atoms with E-state index in [0.29, 0.717) is 27.4 Å². The van der Waals surface area contributed by atoms with Crippen LogP contribution >= 0.6 is 27.3 Å². The Morgan fingerprint density at radius 3 is 2.57 bits per heavy atom. The third-order valence-electron chi connectivity index (χ3n) is 8.07. The maximum Gasteiger partial charge on any atom is 0.271 e. The van der Waals surface area contributed by atoms with Gasteiger partial charge in [0.1, 0.15) is 12.4 Å². The Morgan fingerprint density at radius 1 is 0.932 bits per heavy atom. The Kier molecular flexibility index (Phi) is 7.70. The topological polar surface area (TPSA) is 62.0 Å². The molecule has 44 heavy (non-hydrogen) atoms. The number of methoxy groups -OCH3 is 2. The lowest BCUT2D eigenvalue weighted by atomic mass is 9.83. The number of thiazole rings is 1. The maximum absolute atomic E-state index is 14.2. The van der Waals surface area contributed by atoms with Crippen molar-refractivity contribution in [3.05, 3.63) is 149 Å². The minimum Gasteiger partial charge on any atom is -0.493 e. The smallest absolute Gasteiger partial charge is 0.271 e. The SMILES string of the molecule is COc1ccc([C@@H]2C3=C(N=c4s/c(=C/c5cccc(OCc6ccc(Br)cc6)c5)c(=O)n42)c2ccccc2CC3)cc1OC. The van der Waals surface area contributed by atoms with Gasteiger partial charge in [-0.1, -0.05) is 81.9 Å². The minimum atomic E-state index is -0.308. The van der Waals surface area contributed by atoms with Crippen LogP contribution in [-0.2, 0) is 13.0 Å². The van der Waals surface area contributed by atoms with Crippen molar-refractivity contribution < 1.29 is 14.2 Å². The first-order valence-electron chi connectivity index (χ1n) is 14.3. The summed E-state index contributed by atoms with van der Waals surface area (Å²) in [6, 6.07) is 29.9. The molecule has 1 aliphatic heterocycles. The lowest BCUT2D eigenvalue weighted by Gasteiger charge is -2.31. The molecule has 6 nitrogen and oxygen atoms in total. The van der Waals surface area contributed by atoms with Gasteiger partial charge in [0, 0.05) is 10.0 Å². The highest BCUT2D eigenvalue weighted by Crippen LogP contribution is 2.42. The van der Waals surface area contributed by atoms with Crippen LogP contribution in [0.1, 0.15) is 40.3 Å². The molecular formula is C36H29BrN2O4S. The highest BCUT2D eigenvalue weighted by Gasteiger charge is 2.33. The van der Waals surface area contributed by atoms with Crippen molar-refractivity contribution in [3.8, 4) is 17.2 Å². The second kappa shape index (κ2) is 11.9. The molecule has 7 rings (SSSR count). The molecule has 1 atom stereocenters. The average Bonchev–Trinajstić information content (AvgIpc) is 3.37. The summed E-state index contributed by atoms with van der Waals surface area (Å²) >= 11 is 4.89. The number of aromatic nitrogens is 1. The van der Waals surface area contributed by atoms with Crippen LogP contribution in [0, 0.1) is 0 Å². The molecule has 0 radical (unpaired) electrons. The van der Waals surface area contributed by atoms with E-state index in [1.165, 1.54) is 16.9 Å². The van der Waals surface area contributed by atoms with Crippen molar-refractivity contribution in [1.29, 1.82) is 0 Å². The van der Waals surface area contributed by atoms with Crippen molar-refractivity contribution in [2.24, 2.45) is 4.99 Å². The van der Waals surface area contributed by atoms with E-state index in [1.54, 1.807) is 14.2 Å². The highest BCUT2D eigenvalue weighted by molar-refractivity contribution is 9.10. The number of halogens is 1. The van der Waals surface area contributed by atoms with Crippen LogP contribution < -0.4 is 29.1 Å². The Balaban J connectivity index is 1.32. The maximum atomic E-state index is 14.2. The number of fused-ring (bicyclic) bond motifs is 3. The summed E-state index contributed by atoms with van der Waals surface area (Å²) in [6.45, 7) is 0.456. The Labute approximate surface area is 267 Å². The summed E-state index contributed by atoms with van der Waals surface area (Å²) in [5.41, 5.74) is 7.36. The van der Waals surface area contributed by atoms with Crippen molar-refractivity contribution in [2.75, 3.05) is 14.2 Å². The second-order valence-electron chi connectivity index (χ2n) is 10.7. The number of allylic oxidation sites excluding steroid dienone is 1. The first kappa shape index (κ1) is 28.4. The van der Waals surface area contributed by atoms with E-state index < -0.39 is 0 Å². The van der Waals surface area contributed by atoms with Gasteiger partial charge in [0.2, 0.25) is 0 Å². The van der Waals surface area contributed by atoms with Gasteiger partial charge < -0.3 is 14.2 Å². The van der Waals surface area contributed by atoms with Crippen molar-refractivity contribution >= 4 is 39.0 Å². The van der Waals surface area contributed by atoms with Crippen molar-refractivity contribution in [1.82, 2.24) is 4.57 Å². The third-order valence-corrected chi connectivity index (χ3v) is 9.58. The quantitative estimate of drug-likeness (QED) is 0.195. The van der Waals surface area contributed by atoms with Gasteiger partial charge >= 0.3 is 0 Å². The van der Waals surface area contributed by atoms with Gasteiger partial charge in [0.25, 0.3) is 5.56 Å². The average molecular weight is 666 g/mol. The van der Waals surface area contributed by atoms with Crippen LogP contribution in [0.3, 0.4) is 0 Å². The van der Waals surface area contributed by atoms with Gasteiger partial charge in [-0.25, -0.2) is 4.99 Å². The summed E-state index contributed by atoms with van der Waals surface area (Å²) in [6.07, 6.45) is 3.64. The number of nitrogens with zero attached hydrogens (tertiary/aromatic N) is 2. The monoisotopic (exact) mass is 664 g/mol. The number of ether oxygens (including phenoxy) is 3. The molecule has 220 valence electrons. The molecule has 0 amide bonds. The molecule has 0 N–H and O–H groups in total. The molecule has 2 aliphatic rings. The molecular weight excluding hydrogens is 636 g/mol. The van der Waals surface area contributed by atoms with E-state index in [1.807, 2.05) is 77.4 Å². The predicted molar refractivity (Wildman–Crippen MR) is 177 cm³/mol. The Bertz CT molecular complexity index is 2100. The van der Waals surface area contributed by atoms with Crippen molar-refractivity contribution in [3.63, 3.8) is 0 Å². The Morgan fingerprint density at radius 2 is 1.75 bits per heavy atom. The first-order chi connectivity index (χ1) is 21.5. The van der Waals surface area contributed by atoms with E-state index in [4.69, 9.17) is 19.2 Å². The van der Waals surface area contributed by atoms with Gasteiger partial charge in [-0.2, -0.15) is 0 Å². The number of aryl methyl sites for hydroxylation is 1. The normalized spacial score (nSPS) is 15.6. The van der Waals surface area contributed by atoms with Gasteiger partial charge in [-0.15, -0.1) is 0 Å². The molecule has 0 fully saturated rings. The van der Waals surface area contributed by atoms with Crippen LogP contribution in [0.4, 0.5) is 0 Å². The molecule has 0 saturated carbocycles. The summed E-state index contributed by atoms with van der Waals surface area (Å²) in [4.78, 5) is 20.0.